The molecule has 0 radical (unpaired) electrons. The number of aromatic nitrogens is 2. The van der Waals surface area contributed by atoms with E-state index in [1.807, 2.05) is 85.5 Å². The third-order valence-corrected chi connectivity index (χ3v) is 15.3. The second kappa shape index (κ2) is 19.1. The van der Waals surface area contributed by atoms with Gasteiger partial charge < -0.3 is 19.1 Å². The fourth-order valence-corrected chi connectivity index (χ4v) is 10.9. The molecule has 12 rings (SSSR count). The van der Waals surface area contributed by atoms with Crippen LogP contribution in [0.3, 0.4) is 0 Å². The minimum Gasteiger partial charge on any atom is -0.509 e. The Balaban J connectivity index is 0.00000736. The van der Waals surface area contributed by atoms with Gasteiger partial charge in [0.15, 0.2) is 0 Å². The molecule has 0 saturated heterocycles. The smallest absolute Gasteiger partial charge is 0.135 e. The van der Waals surface area contributed by atoms with Crippen LogP contribution in [0.25, 0.3) is 61.0 Å². The molecule has 3 heterocycles. The molecule has 0 spiro atoms. The number of para-hydroxylation sites is 3. The van der Waals surface area contributed by atoms with Crippen LogP contribution in [0.1, 0.15) is 115 Å². The molecular weight excluding hydrogens is 1110 g/mol. The van der Waals surface area contributed by atoms with Gasteiger partial charge in [-0.2, -0.15) is 12.1 Å². The van der Waals surface area contributed by atoms with Gasteiger partial charge in [0.1, 0.15) is 5.82 Å². The number of hydrogen-bond acceptors (Lipinski definition) is 4. The Bertz CT molecular complexity index is 4310. The van der Waals surface area contributed by atoms with Gasteiger partial charge >= 0.3 is 0 Å². The Morgan fingerprint density at radius 2 is 1.25 bits per heavy atom. The summed E-state index contributed by atoms with van der Waals surface area (Å²) in [6, 6.07) is 47.1. The van der Waals surface area contributed by atoms with Gasteiger partial charge in [0.25, 0.3) is 0 Å². The molecule has 384 valence electrons. The number of anilines is 4. The SMILES string of the molecule is [2H]c1c([2H])c(-c2ccccc2)c([2H])c(-c2cc(C(C)(C)C)cc(-c3ccc4c(c3)C(C)(C)CCC4(C)C)c2N2[CH-]N(c3[c-]c(Oc4[c-]c5c(cc4)c4c([2H])c([2H])c([2H])c([2H])c4n5-c4cc(C(C)(C)C)ccn4)ccc3)c3ccccc32)c1[2H].[Pt]. The molecule has 8 aromatic carbocycles. The molecular formula is C70H65N4OPt-3. The van der Waals surface area contributed by atoms with Gasteiger partial charge in [-0.1, -0.05) is 172 Å². The number of pyridine rings is 1. The van der Waals surface area contributed by atoms with E-state index in [-0.39, 0.29) is 91.2 Å². The molecule has 2 aliphatic rings. The first-order chi connectivity index (χ1) is 39.2. The summed E-state index contributed by atoms with van der Waals surface area (Å²) >= 11 is 0. The van der Waals surface area contributed by atoms with Crippen molar-refractivity contribution in [3.05, 3.63) is 223 Å². The van der Waals surface area contributed by atoms with Gasteiger partial charge in [0.2, 0.25) is 0 Å². The molecule has 76 heavy (non-hydrogen) atoms. The third kappa shape index (κ3) is 9.15. The molecule has 0 bridgehead atoms. The minimum absolute atomic E-state index is 0. The predicted octanol–water partition coefficient (Wildman–Crippen LogP) is 18.9. The maximum atomic E-state index is 10.1. The maximum Gasteiger partial charge on any atom is 0.135 e. The quantitative estimate of drug-likeness (QED) is 0.142. The summed E-state index contributed by atoms with van der Waals surface area (Å²) in [6.45, 7) is 24.1. The average molecular weight is 1180 g/mol. The van der Waals surface area contributed by atoms with Crippen molar-refractivity contribution >= 4 is 44.6 Å². The van der Waals surface area contributed by atoms with Crippen molar-refractivity contribution in [3.8, 4) is 50.7 Å². The topological polar surface area (TPSA) is 33.5 Å². The molecule has 10 aromatic rings. The molecule has 2 aromatic heterocycles. The number of rotatable bonds is 8. The van der Waals surface area contributed by atoms with Crippen LogP contribution in [-0.2, 0) is 42.7 Å². The van der Waals surface area contributed by atoms with Crippen molar-refractivity contribution in [1.29, 1.82) is 0 Å². The van der Waals surface area contributed by atoms with Crippen LogP contribution in [0.5, 0.6) is 11.5 Å². The molecule has 0 N–H and O–H groups in total. The van der Waals surface area contributed by atoms with E-state index in [4.69, 9.17) is 15.2 Å². The van der Waals surface area contributed by atoms with Crippen LogP contribution >= 0.6 is 0 Å². The van der Waals surface area contributed by atoms with E-state index in [2.05, 4.69) is 128 Å². The van der Waals surface area contributed by atoms with Crippen molar-refractivity contribution in [2.75, 3.05) is 9.80 Å². The minimum atomic E-state index is -0.393. The molecule has 1 aliphatic carbocycles. The zero-order valence-electron chi connectivity index (χ0n) is 52.7. The molecule has 0 amide bonds. The second-order valence-electron chi connectivity index (χ2n) is 23.5. The molecule has 0 saturated carbocycles. The Kier molecular flexibility index (Phi) is 10.6. The van der Waals surface area contributed by atoms with Crippen molar-refractivity contribution in [2.45, 2.75) is 104 Å². The van der Waals surface area contributed by atoms with Crippen molar-refractivity contribution in [3.63, 3.8) is 0 Å². The number of fused-ring (bicyclic) bond motifs is 5. The van der Waals surface area contributed by atoms with E-state index >= 15 is 0 Å². The van der Waals surface area contributed by atoms with Gasteiger partial charge in [-0.15, -0.1) is 48.1 Å². The van der Waals surface area contributed by atoms with E-state index in [0.29, 0.717) is 67.2 Å². The zero-order chi connectivity index (χ0) is 59.0. The summed E-state index contributed by atoms with van der Waals surface area (Å²) in [4.78, 5) is 8.94. The van der Waals surface area contributed by atoms with Gasteiger partial charge in [0.05, 0.1) is 11.0 Å². The molecule has 0 unspecified atom stereocenters. The standard InChI is InChI=1S/C70H65N4O.Pt/c1-67(2,3)50-34-37-71-65(42-50)74-61-27-15-14-26-55(61)56-32-31-54(44-64(56)74)75-53-25-19-24-52(43-53)72-45-73(63-29-17-16-28-62(63)72)66-57(48-23-18-22-47(38-48)46-20-12-11-13-21-46)40-51(68(4,5)6)41-58(66)49-30-33-59-60(39-49)70(9,10)36-35-69(59,7)8;/h11-34,37-42,45H,35-36H2,1-10H3;/q-3;/i14D,15D,18D,22D,23D,26D,27D,38D;. The molecule has 1 aliphatic heterocycles. The van der Waals surface area contributed by atoms with E-state index in [9.17, 15) is 5.48 Å². The van der Waals surface area contributed by atoms with Gasteiger partial charge in [-0.3, -0.25) is 0 Å². The van der Waals surface area contributed by atoms with E-state index in [0.717, 1.165) is 46.5 Å². The van der Waals surface area contributed by atoms with E-state index < -0.39 is 5.41 Å². The van der Waals surface area contributed by atoms with Crippen LogP contribution < -0.4 is 14.5 Å². The van der Waals surface area contributed by atoms with Crippen molar-refractivity contribution in [1.82, 2.24) is 9.55 Å². The first-order valence-electron chi connectivity index (χ1n) is 29.9. The molecule has 6 heteroatoms. The van der Waals surface area contributed by atoms with Gasteiger partial charge in [-0.25, -0.2) is 4.98 Å². The predicted molar refractivity (Wildman–Crippen MR) is 313 cm³/mol. The summed E-state index contributed by atoms with van der Waals surface area (Å²) < 4.78 is 82.4. The van der Waals surface area contributed by atoms with Crippen LogP contribution in [0.2, 0.25) is 0 Å². The third-order valence-electron chi connectivity index (χ3n) is 15.3. The van der Waals surface area contributed by atoms with Gasteiger partial charge in [-0.05, 0) is 133 Å². The summed E-state index contributed by atoms with van der Waals surface area (Å²) in [5, 5.41) is 0.932. The fraction of sp³-hybridized carbons (Fsp3) is 0.229. The monoisotopic (exact) mass is 1180 g/mol. The second-order valence-corrected chi connectivity index (χ2v) is 23.5. The maximum absolute atomic E-state index is 10.1. The number of hydrogen-bond donors (Lipinski definition) is 0. The molecule has 0 fully saturated rings. The number of benzene rings is 8. The zero-order valence-corrected chi connectivity index (χ0v) is 47.0. The number of ether oxygens (including phenoxy) is 1. The van der Waals surface area contributed by atoms with E-state index in [1.54, 1.807) is 22.9 Å². The molecule has 5 nitrogen and oxygen atoms in total. The van der Waals surface area contributed by atoms with Crippen LogP contribution in [0, 0.1) is 18.8 Å². The largest absolute Gasteiger partial charge is 0.509 e. The average Bonchev–Trinajstić information content (AvgIpc) is 1.49. The molecule has 0 atom stereocenters. The Morgan fingerprint density at radius 1 is 0.579 bits per heavy atom. The van der Waals surface area contributed by atoms with Crippen LogP contribution in [0.4, 0.5) is 22.7 Å². The fourth-order valence-electron chi connectivity index (χ4n) is 10.9. The first kappa shape index (κ1) is 42.0. The summed E-state index contributed by atoms with van der Waals surface area (Å²) in [6.07, 6.45) is 3.81. The normalized spacial score (nSPS) is 16.3. The number of nitrogens with zero attached hydrogens (tertiary/aromatic N) is 4. The van der Waals surface area contributed by atoms with Crippen molar-refractivity contribution < 1.29 is 36.8 Å². The van der Waals surface area contributed by atoms with Gasteiger partial charge in [0, 0.05) is 72.5 Å². The van der Waals surface area contributed by atoms with Crippen LogP contribution in [0.15, 0.2) is 182 Å². The van der Waals surface area contributed by atoms with Crippen LogP contribution in [-0.4, -0.2) is 9.55 Å². The Labute approximate surface area is 475 Å². The Morgan fingerprint density at radius 3 is 2.00 bits per heavy atom. The summed E-state index contributed by atoms with van der Waals surface area (Å²) in [5.74, 6) is 1.19. The van der Waals surface area contributed by atoms with E-state index in [1.165, 1.54) is 11.1 Å². The Hall–Kier alpha value is -7.20. The summed E-state index contributed by atoms with van der Waals surface area (Å²) in [7, 11) is 0. The first-order valence-corrected chi connectivity index (χ1v) is 25.9. The summed E-state index contributed by atoms with van der Waals surface area (Å²) in [5.41, 5.74) is 11.3. The van der Waals surface area contributed by atoms with Crippen molar-refractivity contribution in [2.24, 2.45) is 0 Å².